The molecular formula is C9H12FNO. The van der Waals surface area contributed by atoms with Gasteiger partial charge in [-0.3, -0.25) is 0 Å². The summed E-state index contributed by atoms with van der Waals surface area (Å²) in [5.41, 5.74) is 1.37. The monoisotopic (exact) mass is 169 g/mol. The molecule has 0 aromatic heterocycles. The smallest absolute Gasteiger partial charge is 0.168 e. The van der Waals surface area contributed by atoms with Gasteiger partial charge in [0, 0.05) is 6.54 Å². The van der Waals surface area contributed by atoms with Gasteiger partial charge in [0.2, 0.25) is 0 Å². The molecule has 2 N–H and O–H groups in total. The first-order chi connectivity index (χ1) is 5.66. The fourth-order valence-corrected chi connectivity index (χ4v) is 1.09. The van der Waals surface area contributed by atoms with E-state index in [2.05, 4.69) is 5.32 Å². The summed E-state index contributed by atoms with van der Waals surface area (Å²) in [6, 6.07) is 3.08. The molecule has 1 aromatic rings. The lowest BCUT2D eigenvalue weighted by Gasteiger charge is -2.06. The second kappa shape index (κ2) is 3.54. The highest BCUT2D eigenvalue weighted by Crippen LogP contribution is 2.21. The van der Waals surface area contributed by atoms with Crippen molar-refractivity contribution in [3.8, 4) is 5.75 Å². The Kier molecular flexibility index (Phi) is 2.65. The van der Waals surface area contributed by atoms with Gasteiger partial charge in [0.1, 0.15) is 0 Å². The lowest BCUT2D eigenvalue weighted by molar-refractivity contribution is 0.429. The Morgan fingerprint density at radius 2 is 2.17 bits per heavy atom. The van der Waals surface area contributed by atoms with Gasteiger partial charge in [-0.2, -0.15) is 0 Å². The summed E-state index contributed by atoms with van der Waals surface area (Å²) in [5, 5.41) is 11.9. The number of phenols is 1. The molecule has 0 radical (unpaired) electrons. The Morgan fingerprint density at radius 1 is 1.50 bits per heavy atom. The maximum atomic E-state index is 13.0. The van der Waals surface area contributed by atoms with E-state index in [4.69, 9.17) is 5.11 Å². The highest BCUT2D eigenvalue weighted by Gasteiger charge is 2.07. The second-order valence-electron chi connectivity index (χ2n) is 2.71. The third-order valence-electron chi connectivity index (χ3n) is 1.85. The predicted octanol–water partition coefficient (Wildman–Crippen LogP) is 1.56. The van der Waals surface area contributed by atoms with Crippen molar-refractivity contribution in [3.05, 3.63) is 29.1 Å². The van der Waals surface area contributed by atoms with Gasteiger partial charge in [-0.05, 0) is 31.2 Å². The highest BCUT2D eigenvalue weighted by molar-refractivity contribution is 5.35. The van der Waals surface area contributed by atoms with E-state index in [0.29, 0.717) is 12.1 Å². The zero-order chi connectivity index (χ0) is 9.14. The molecule has 0 saturated carbocycles. The van der Waals surface area contributed by atoms with E-state index < -0.39 is 5.82 Å². The summed E-state index contributed by atoms with van der Waals surface area (Å²) in [4.78, 5) is 0. The molecule has 66 valence electrons. The quantitative estimate of drug-likeness (QED) is 0.704. The van der Waals surface area contributed by atoms with Crippen LogP contribution in [0.3, 0.4) is 0 Å². The van der Waals surface area contributed by atoms with Crippen molar-refractivity contribution in [1.29, 1.82) is 0 Å². The second-order valence-corrected chi connectivity index (χ2v) is 2.71. The van der Waals surface area contributed by atoms with Crippen LogP contribution in [-0.4, -0.2) is 12.2 Å². The predicted molar refractivity (Wildman–Crippen MR) is 45.6 cm³/mol. The largest absolute Gasteiger partial charge is 0.505 e. The van der Waals surface area contributed by atoms with Gasteiger partial charge >= 0.3 is 0 Å². The molecule has 0 amide bonds. The SMILES string of the molecule is CNCc1ccc(O)c(F)c1C. The minimum Gasteiger partial charge on any atom is -0.505 e. The first-order valence-corrected chi connectivity index (χ1v) is 3.78. The van der Waals surface area contributed by atoms with Gasteiger partial charge in [0.05, 0.1) is 0 Å². The van der Waals surface area contributed by atoms with Crippen LogP contribution in [0, 0.1) is 12.7 Å². The molecule has 0 unspecified atom stereocenters. The fourth-order valence-electron chi connectivity index (χ4n) is 1.09. The molecule has 0 aliphatic carbocycles. The molecule has 1 aromatic carbocycles. The molecule has 1 rings (SSSR count). The van der Waals surface area contributed by atoms with Gasteiger partial charge < -0.3 is 10.4 Å². The Labute approximate surface area is 71.0 Å². The first-order valence-electron chi connectivity index (χ1n) is 3.78. The first kappa shape index (κ1) is 9.00. The van der Waals surface area contributed by atoms with Crippen LogP contribution in [0.1, 0.15) is 11.1 Å². The molecule has 3 heteroatoms. The van der Waals surface area contributed by atoms with Crippen LogP contribution in [-0.2, 0) is 6.54 Å². The lowest BCUT2D eigenvalue weighted by atomic mass is 10.1. The number of nitrogens with one attached hydrogen (secondary N) is 1. The van der Waals surface area contributed by atoms with Gasteiger partial charge in [0.15, 0.2) is 11.6 Å². The highest BCUT2D eigenvalue weighted by atomic mass is 19.1. The Morgan fingerprint density at radius 3 is 2.75 bits per heavy atom. The maximum absolute atomic E-state index is 13.0. The number of halogens is 1. The minimum absolute atomic E-state index is 0.285. The van der Waals surface area contributed by atoms with Gasteiger partial charge in [-0.25, -0.2) is 4.39 Å². The summed E-state index contributed by atoms with van der Waals surface area (Å²) < 4.78 is 13.0. The van der Waals surface area contributed by atoms with Crippen LogP contribution in [0.5, 0.6) is 5.75 Å². The molecular weight excluding hydrogens is 157 g/mol. The molecule has 12 heavy (non-hydrogen) atoms. The van der Waals surface area contributed by atoms with E-state index >= 15 is 0 Å². The summed E-state index contributed by atoms with van der Waals surface area (Å²) >= 11 is 0. The van der Waals surface area contributed by atoms with Crippen LogP contribution in [0.2, 0.25) is 0 Å². The number of hydrogen-bond donors (Lipinski definition) is 2. The molecule has 0 fully saturated rings. The summed E-state index contributed by atoms with van der Waals surface area (Å²) in [5.74, 6) is -0.810. The zero-order valence-corrected chi connectivity index (χ0v) is 7.19. The molecule has 2 nitrogen and oxygen atoms in total. The Hall–Kier alpha value is -1.09. The van der Waals surface area contributed by atoms with E-state index in [1.807, 2.05) is 0 Å². The fraction of sp³-hybridized carbons (Fsp3) is 0.333. The van der Waals surface area contributed by atoms with Crippen molar-refractivity contribution in [2.24, 2.45) is 0 Å². The van der Waals surface area contributed by atoms with Crippen molar-refractivity contribution in [2.45, 2.75) is 13.5 Å². The van der Waals surface area contributed by atoms with E-state index in [1.165, 1.54) is 6.07 Å². The Balaban J connectivity index is 3.08. The van der Waals surface area contributed by atoms with Crippen molar-refractivity contribution in [1.82, 2.24) is 5.32 Å². The lowest BCUT2D eigenvalue weighted by Crippen LogP contribution is -2.07. The Bertz CT molecular complexity index is 286. The molecule has 0 saturated heterocycles. The summed E-state index contributed by atoms with van der Waals surface area (Å²) in [6.07, 6.45) is 0. The zero-order valence-electron chi connectivity index (χ0n) is 7.19. The maximum Gasteiger partial charge on any atom is 0.168 e. The third-order valence-corrected chi connectivity index (χ3v) is 1.85. The summed E-state index contributed by atoms with van der Waals surface area (Å²) in [7, 11) is 1.80. The van der Waals surface area contributed by atoms with Crippen LogP contribution in [0.25, 0.3) is 0 Å². The van der Waals surface area contributed by atoms with E-state index in [0.717, 1.165) is 5.56 Å². The molecule has 0 bridgehead atoms. The number of benzene rings is 1. The molecule has 0 atom stereocenters. The van der Waals surface area contributed by atoms with E-state index in [-0.39, 0.29) is 5.75 Å². The topological polar surface area (TPSA) is 32.3 Å². The van der Waals surface area contributed by atoms with E-state index in [9.17, 15) is 4.39 Å². The number of hydrogen-bond acceptors (Lipinski definition) is 2. The van der Waals surface area contributed by atoms with Gasteiger partial charge in [-0.1, -0.05) is 6.07 Å². The van der Waals surface area contributed by atoms with Crippen LogP contribution in [0.4, 0.5) is 4.39 Å². The van der Waals surface area contributed by atoms with Crippen LogP contribution in [0.15, 0.2) is 12.1 Å². The number of phenolic OH excluding ortho intramolecular Hbond substituents is 1. The minimum atomic E-state index is -0.525. The average Bonchev–Trinajstić information content (AvgIpc) is 2.07. The van der Waals surface area contributed by atoms with Crippen molar-refractivity contribution in [3.63, 3.8) is 0 Å². The average molecular weight is 169 g/mol. The molecule has 0 aliphatic rings. The van der Waals surface area contributed by atoms with Gasteiger partial charge in [-0.15, -0.1) is 0 Å². The normalized spacial score (nSPS) is 10.2. The standard InChI is InChI=1S/C9H12FNO/c1-6-7(5-11-2)3-4-8(12)9(6)10/h3-4,11-12H,5H2,1-2H3. The number of aromatic hydroxyl groups is 1. The molecule has 0 aliphatic heterocycles. The molecule has 0 spiro atoms. The summed E-state index contributed by atoms with van der Waals surface area (Å²) in [6.45, 7) is 2.27. The van der Waals surface area contributed by atoms with Crippen molar-refractivity contribution >= 4 is 0 Å². The van der Waals surface area contributed by atoms with E-state index in [1.54, 1.807) is 20.0 Å². The van der Waals surface area contributed by atoms with Gasteiger partial charge in [0.25, 0.3) is 0 Å². The third kappa shape index (κ3) is 1.56. The van der Waals surface area contributed by atoms with Crippen LogP contribution >= 0.6 is 0 Å². The van der Waals surface area contributed by atoms with Crippen LogP contribution < -0.4 is 5.32 Å². The number of rotatable bonds is 2. The van der Waals surface area contributed by atoms with Crippen molar-refractivity contribution in [2.75, 3.05) is 7.05 Å². The molecule has 0 heterocycles. The van der Waals surface area contributed by atoms with Crippen molar-refractivity contribution < 1.29 is 9.50 Å².